The van der Waals surface area contributed by atoms with E-state index in [1.165, 1.54) is 18.4 Å². The Labute approximate surface area is 91.5 Å². The molecule has 0 aromatic heterocycles. The first kappa shape index (κ1) is 10.2. The van der Waals surface area contributed by atoms with Crippen LogP contribution in [0.15, 0.2) is 48.6 Å². The molecule has 1 heteroatoms. The van der Waals surface area contributed by atoms with Crippen molar-refractivity contribution in [1.29, 1.82) is 0 Å². The molecule has 1 aliphatic carbocycles. The van der Waals surface area contributed by atoms with E-state index in [1.54, 1.807) is 0 Å². The van der Waals surface area contributed by atoms with E-state index in [2.05, 4.69) is 53.9 Å². The first-order valence-electron chi connectivity index (χ1n) is 5.55. The van der Waals surface area contributed by atoms with Gasteiger partial charge >= 0.3 is 0 Å². The lowest BCUT2D eigenvalue weighted by Crippen LogP contribution is -2.26. The maximum Gasteiger partial charge on any atom is 0.0141 e. The molecule has 0 radical (unpaired) electrons. The smallest absolute Gasteiger partial charge is 0.0141 e. The summed E-state index contributed by atoms with van der Waals surface area (Å²) in [6.45, 7) is 0.960. The largest absolute Gasteiger partial charge is 0.310 e. The lowest BCUT2D eigenvalue weighted by atomic mass is 10.2. The van der Waals surface area contributed by atoms with Gasteiger partial charge in [-0.3, -0.25) is 0 Å². The Morgan fingerprint density at radius 2 is 1.87 bits per heavy atom. The maximum absolute atomic E-state index is 3.50. The summed E-state index contributed by atoms with van der Waals surface area (Å²) in [5, 5.41) is 3.50. The van der Waals surface area contributed by atoms with Crippen LogP contribution in [-0.2, 0) is 0 Å². The van der Waals surface area contributed by atoms with E-state index >= 15 is 0 Å². The summed E-state index contributed by atoms with van der Waals surface area (Å²) < 4.78 is 0. The normalized spacial score (nSPS) is 16.5. The third-order valence-corrected chi connectivity index (χ3v) is 2.64. The fourth-order valence-electron chi connectivity index (χ4n) is 1.78. The van der Waals surface area contributed by atoms with Crippen LogP contribution in [-0.4, -0.2) is 12.6 Å². The van der Waals surface area contributed by atoms with Crippen molar-refractivity contribution in [1.82, 2.24) is 5.32 Å². The maximum atomic E-state index is 3.50. The molecule has 78 valence electrons. The number of nitrogens with one attached hydrogen (secondary N) is 1. The molecule has 1 N–H and O–H groups in total. The van der Waals surface area contributed by atoms with Crippen molar-refractivity contribution in [2.24, 2.45) is 0 Å². The van der Waals surface area contributed by atoms with Crippen LogP contribution in [0.2, 0.25) is 0 Å². The Hall–Kier alpha value is -1.34. The van der Waals surface area contributed by atoms with E-state index in [9.17, 15) is 0 Å². The fraction of sp³-hybridized carbons (Fsp3) is 0.286. The summed E-state index contributed by atoms with van der Waals surface area (Å²) in [4.78, 5) is 0. The van der Waals surface area contributed by atoms with E-state index in [4.69, 9.17) is 0 Å². The highest BCUT2D eigenvalue weighted by molar-refractivity contribution is 5.48. The van der Waals surface area contributed by atoms with Crippen LogP contribution in [0.4, 0.5) is 0 Å². The molecular weight excluding hydrogens is 182 g/mol. The molecule has 0 heterocycles. The predicted octanol–water partition coefficient (Wildman–Crippen LogP) is 3.01. The monoisotopic (exact) mass is 199 g/mol. The van der Waals surface area contributed by atoms with Gasteiger partial charge in [0.05, 0.1) is 0 Å². The molecule has 1 aromatic rings. The first-order chi connectivity index (χ1) is 7.45. The lowest BCUT2D eigenvalue weighted by molar-refractivity contribution is 0.574. The molecule has 0 fully saturated rings. The summed E-state index contributed by atoms with van der Waals surface area (Å²) >= 11 is 0. The Kier molecular flexibility index (Phi) is 3.75. The van der Waals surface area contributed by atoms with Crippen molar-refractivity contribution < 1.29 is 0 Å². The predicted molar refractivity (Wildman–Crippen MR) is 65.6 cm³/mol. The quantitative estimate of drug-likeness (QED) is 0.735. The number of hydrogen-bond acceptors (Lipinski definition) is 1. The third kappa shape index (κ3) is 3.37. The zero-order chi connectivity index (χ0) is 10.3. The van der Waals surface area contributed by atoms with Gasteiger partial charge in [0, 0.05) is 12.6 Å². The van der Waals surface area contributed by atoms with Crippen LogP contribution in [0.1, 0.15) is 18.4 Å². The van der Waals surface area contributed by atoms with Gasteiger partial charge < -0.3 is 5.32 Å². The third-order valence-electron chi connectivity index (χ3n) is 2.64. The summed E-state index contributed by atoms with van der Waals surface area (Å²) in [5.41, 5.74) is 1.27. The van der Waals surface area contributed by atoms with Gasteiger partial charge in [-0.2, -0.15) is 0 Å². The average molecular weight is 199 g/mol. The van der Waals surface area contributed by atoms with Crippen LogP contribution in [0, 0.1) is 0 Å². The molecule has 1 aromatic carbocycles. The molecule has 0 aliphatic heterocycles. The van der Waals surface area contributed by atoms with E-state index in [-0.39, 0.29) is 0 Å². The minimum atomic E-state index is 0.658. The minimum Gasteiger partial charge on any atom is -0.310 e. The Balaban J connectivity index is 1.71. The standard InChI is InChI=1S/C14H17N/c1-2-7-13(8-3-1)9-6-12-15-14-10-4-5-11-14/h1-9,14-15H,10-12H2/b9-6+. The molecule has 0 bridgehead atoms. The van der Waals surface area contributed by atoms with Crippen molar-refractivity contribution in [2.45, 2.75) is 18.9 Å². The van der Waals surface area contributed by atoms with Crippen LogP contribution in [0.3, 0.4) is 0 Å². The second kappa shape index (κ2) is 5.52. The van der Waals surface area contributed by atoms with Gasteiger partial charge in [-0.15, -0.1) is 0 Å². The highest BCUT2D eigenvalue weighted by atomic mass is 14.9. The Morgan fingerprint density at radius 1 is 1.13 bits per heavy atom. The molecule has 15 heavy (non-hydrogen) atoms. The average Bonchev–Trinajstić information content (AvgIpc) is 2.79. The van der Waals surface area contributed by atoms with Gasteiger partial charge in [0.15, 0.2) is 0 Å². The molecule has 0 saturated carbocycles. The molecule has 0 saturated heterocycles. The first-order valence-corrected chi connectivity index (χ1v) is 5.55. The highest BCUT2D eigenvalue weighted by Crippen LogP contribution is 2.08. The van der Waals surface area contributed by atoms with Crippen LogP contribution in [0.25, 0.3) is 6.08 Å². The molecule has 1 nitrogen and oxygen atoms in total. The molecule has 1 aliphatic rings. The van der Waals surface area contributed by atoms with Crippen molar-refractivity contribution in [3.8, 4) is 0 Å². The molecule has 0 unspecified atom stereocenters. The van der Waals surface area contributed by atoms with Gasteiger partial charge in [0.25, 0.3) is 0 Å². The summed E-state index contributed by atoms with van der Waals surface area (Å²) in [6, 6.07) is 11.1. The lowest BCUT2D eigenvalue weighted by Gasteiger charge is -2.08. The second-order valence-corrected chi connectivity index (χ2v) is 3.86. The number of rotatable bonds is 4. The van der Waals surface area contributed by atoms with Crippen molar-refractivity contribution in [2.75, 3.05) is 6.54 Å². The van der Waals surface area contributed by atoms with E-state index in [1.807, 2.05) is 6.07 Å². The van der Waals surface area contributed by atoms with Gasteiger partial charge in [-0.05, 0) is 18.4 Å². The van der Waals surface area contributed by atoms with Crippen molar-refractivity contribution >= 4 is 6.08 Å². The van der Waals surface area contributed by atoms with Crippen LogP contribution < -0.4 is 5.32 Å². The highest BCUT2D eigenvalue weighted by Gasteiger charge is 2.06. The summed E-state index contributed by atoms with van der Waals surface area (Å²) in [5.74, 6) is 0. The molecular formula is C14H17N. The van der Waals surface area contributed by atoms with E-state index < -0.39 is 0 Å². The number of benzene rings is 1. The second-order valence-electron chi connectivity index (χ2n) is 3.86. The fourth-order valence-corrected chi connectivity index (χ4v) is 1.78. The summed E-state index contributed by atoms with van der Waals surface area (Å²) in [6.07, 6.45) is 11.2. The molecule has 0 atom stereocenters. The van der Waals surface area contributed by atoms with Crippen LogP contribution in [0.5, 0.6) is 0 Å². The Bertz CT molecular complexity index is 330. The van der Waals surface area contributed by atoms with Crippen molar-refractivity contribution in [3.05, 3.63) is 54.1 Å². The van der Waals surface area contributed by atoms with Crippen molar-refractivity contribution in [3.63, 3.8) is 0 Å². The molecule has 0 amide bonds. The van der Waals surface area contributed by atoms with Gasteiger partial charge in [0.2, 0.25) is 0 Å². The molecule has 0 spiro atoms. The molecule has 2 rings (SSSR count). The SMILES string of the molecule is C1=CCC(NC/C=C/c2ccccc2)C1. The Morgan fingerprint density at radius 3 is 2.60 bits per heavy atom. The summed E-state index contributed by atoms with van der Waals surface area (Å²) in [7, 11) is 0. The van der Waals surface area contributed by atoms with E-state index in [0.717, 1.165) is 6.54 Å². The minimum absolute atomic E-state index is 0.658. The zero-order valence-electron chi connectivity index (χ0n) is 8.89. The zero-order valence-corrected chi connectivity index (χ0v) is 8.89. The van der Waals surface area contributed by atoms with Gasteiger partial charge in [0.1, 0.15) is 0 Å². The van der Waals surface area contributed by atoms with Gasteiger partial charge in [-0.25, -0.2) is 0 Å². The van der Waals surface area contributed by atoms with Gasteiger partial charge in [-0.1, -0.05) is 54.6 Å². The van der Waals surface area contributed by atoms with Crippen LogP contribution >= 0.6 is 0 Å². The number of hydrogen-bond donors (Lipinski definition) is 1. The topological polar surface area (TPSA) is 12.0 Å². The van der Waals surface area contributed by atoms with E-state index in [0.29, 0.717) is 6.04 Å².